The first-order valence-corrected chi connectivity index (χ1v) is 6.82. The fraction of sp³-hybridized carbons (Fsp3) is 0.533. The van der Waals surface area contributed by atoms with Gasteiger partial charge in [-0.05, 0) is 19.4 Å². The maximum absolute atomic E-state index is 12.3. The van der Waals surface area contributed by atoms with Crippen LogP contribution < -0.4 is 5.32 Å². The van der Waals surface area contributed by atoms with Gasteiger partial charge in [0.05, 0.1) is 10.5 Å². The van der Waals surface area contributed by atoms with Crippen molar-refractivity contribution in [3.63, 3.8) is 0 Å². The van der Waals surface area contributed by atoms with Crippen molar-refractivity contribution in [3.8, 4) is 0 Å². The lowest BCUT2D eigenvalue weighted by Crippen LogP contribution is -2.68. The van der Waals surface area contributed by atoms with E-state index in [2.05, 4.69) is 5.32 Å². The number of carbonyl (C=O) groups is 1. The third-order valence-corrected chi connectivity index (χ3v) is 4.93. The van der Waals surface area contributed by atoms with Gasteiger partial charge in [-0.25, -0.2) is 0 Å². The highest BCUT2D eigenvalue weighted by molar-refractivity contribution is 5.98. The first-order chi connectivity index (χ1) is 9.73. The van der Waals surface area contributed by atoms with Crippen molar-refractivity contribution in [2.45, 2.75) is 38.8 Å². The van der Waals surface area contributed by atoms with Crippen molar-refractivity contribution in [1.29, 1.82) is 0 Å². The van der Waals surface area contributed by atoms with Gasteiger partial charge in [-0.2, -0.15) is 0 Å². The molecule has 0 unspecified atom stereocenters. The Morgan fingerprint density at radius 3 is 2.52 bits per heavy atom. The van der Waals surface area contributed by atoms with E-state index in [1.54, 1.807) is 19.2 Å². The van der Waals surface area contributed by atoms with Gasteiger partial charge in [-0.15, -0.1) is 0 Å². The van der Waals surface area contributed by atoms with Crippen molar-refractivity contribution >= 4 is 11.6 Å². The summed E-state index contributed by atoms with van der Waals surface area (Å²) in [6.07, 6.45) is 0.683. The fourth-order valence-electron chi connectivity index (χ4n) is 2.78. The Bertz CT molecular complexity index is 585. The number of hydrogen-bond donors (Lipinski definition) is 1. The monoisotopic (exact) mass is 292 g/mol. The van der Waals surface area contributed by atoms with Gasteiger partial charge in [0.2, 0.25) is 0 Å². The lowest BCUT2D eigenvalue weighted by atomic mass is 9.56. The number of benzene rings is 1. The molecular formula is C15H20N2O4. The Balaban J connectivity index is 2.16. The average molecular weight is 292 g/mol. The number of carbonyl (C=O) groups excluding carboxylic acids is 1. The SMILES string of the molecule is CO[C@@]1(C)C[C@H](NC(=O)c2ccccc2[N+](=O)[O-])C1(C)C. The zero-order valence-electron chi connectivity index (χ0n) is 12.7. The molecule has 0 aliphatic heterocycles. The molecule has 1 amide bonds. The third kappa shape index (κ3) is 2.40. The maximum atomic E-state index is 12.3. The van der Waals surface area contributed by atoms with Crippen LogP contribution in [0.3, 0.4) is 0 Å². The fourth-order valence-corrected chi connectivity index (χ4v) is 2.78. The molecule has 1 aromatic rings. The van der Waals surface area contributed by atoms with Crippen molar-refractivity contribution in [2.24, 2.45) is 5.41 Å². The van der Waals surface area contributed by atoms with Crippen molar-refractivity contribution in [2.75, 3.05) is 7.11 Å². The summed E-state index contributed by atoms with van der Waals surface area (Å²) in [5, 5.41) is 13.9. The molecule has 0 aromatic heterocycles. The van der Waals surface area contributed by atoms with E-state index in [1.165, 1.54) is 12.1 Å². The molecule has 1 aliphatic carbocycles. The van der Waals surface area contributed by atoms with Crippen molar-refractivity contribution in [3.05, 3.63) is 39.9 Å². The van der Waals surface area contributed by atoms with E-state index in [0.29, 0.717) is 6.42 Å². The molecule has 0 bridgehead atoms. The summed E-state index contributed by atoms with van der Waals surface area (Å²) in [5.41, 5.74) is -0.625. The molecule has 0 saturated heterocycles. The summed E-state index contributed by atoms with van der Waals surface area (Å²) in [4.78, 5) is 22.7. The highest BCUT2D eigenvalue weighted by Crippen LogP contribution is 2.51. The minimum absolute atomic E-state index is 0.0743. The standard InChI is InChI=1S/C15H20N2O4/c1-14(2)12(9-15(14,3)21-4)16-13(18)10-7-5-6-8-11(10)17(19)20/h5-8,12H,9H2,1-4H3,(H,16,18)/t12-,15-/m0/s1. The van der Waals surface area contributed by atoms with Crippen molar-refractivity contribution in [1.82, 2.24) is 5.32 Å². The third-order valence-electron chi connectivity index (χ3n) is 4.93. The van der Waals surface area contributed by atoms with E-state index in [9.17, 15) is 14.9 Å². The van der Waals surface area contributed by atoms with Crippen LogP contribution in [-0.4, -0.2) is 29.6 Å². The van der Waals surface area contributed by atoms with Gasteiger partial charge in [-0.1, -0.05) is 26.0 Å². The Hall–Kier alpha value is -1.95. The van der Waals surface area contributed by atoms with Gasteiger partial charge in [0.15, 0.2) is 0 Å². The van der Waals surface area contributed by atoms with Gasteiger partial charge in [-0.3, -0.25) is 14.9 Å². The molecular weight excluding hydrogens is 272 g/mol. The summed E-state index contributed by atoms with van der Waals surface area (Å²) in [7, 11) is 1.65. The van der Waals surface area contributed by atoms with E-state index in [4.69, 9.17) is 4.74 Å². The van der Waals surface area contributed by atoms with Crippen LogP contribution in [0.1, 0.15) is 37.6 Å². The van der Waals surface area contributed by atoms with Gasteiger partial charge in [0.25, 0.3) is 11.6 Å². The summed E-state index contributed by atoms with van der Waals surface area (Å²) >= 11 is 0. The lowest BCUT2D eigenvalue weighted by molar-refractivity contribution is -0.385. The Labute approximate surface area is 123 Å². The van der Waals surface area contributed by atoms with Crippen molar-refractivity contribution < 1.29 is 14.5 Å². The number of hydrogen-bond acceptors (Lipinski definition) is 4. The maximum Gasteiger partial charge on any atom is 0.282 e. The number of nitrogens with zero attached hydrogens (tertiary/aromatic N) is 1. The predicted octanol–water partition coefficient (Wildman–Crippen LogP) is 2.53. The van der Waals surface area contributed by atoms with Gasteiger partial charge in [0.1, 0.15) is 5.56 Å². The average Bonchev–Trinajstić information content (AvgIpc) is 2.46. The number of nitro benzene ring substituents is 1. The summed E-state index contributed by atoms with van der Waals surface area (Å²) < 4.78 is 5.51. The zero-order valence-corrected chi connectivity index (χ0v) is 12.7. The Morgan fingerprint density at radius 1 is 1.38 bits per heavy atom. The summed E-state index contributed by atoms with van der Waals surface area (Å²) in [6, 6.07) is 5.89. The van der Waals surface area contributed by atoms with E-state index >= 15 is 0 Å². The Morgan fingerprint density at radius 2 is 2.00 bits per heavy atom. The molecule has 1 aliphatic rings. The lowest BCUT2D eigenvalue weighted by Gasteiger charge is -2.59. The zero-order chi connectivity index (χ0) is 15.8. The van der Waals surface area contributed by atoms with E-state index in [-0.39, 0.29) is 28.3 Å². The minimum atomic E-state index is -0.542. The van der Waals surface area contributed by atoms with Gasteiger partial charge >= 0.3 is 0 Å². The van der Waals surface area contributed by atoms with Crippen LogP contribution in [0.4, 0.5) is 5.69 Å². The van der Waals surface area contributed by atoms with Crippen LogP contribution in [0.2, 0.25) is 0 Å². The van der Waals surface area contributed by atoms with Crippen LogP contribution in [0.25, 0.3) is 0 Å². The summed E-state index contributed by atoms with van der Waals surface area (Å²) in [6.45, 7) is 6.04. The normalized spacial score (nSPS) is 26.8. The first kappa shape index (κ1) is 15.4. The molecule has 1 saturated carbocycles. The van der Waals surface area contributed by atoms with E-state index in [1.807, 2.05) is 20.8 Å². The Kier molecular flexibility index (Phi) is 3.76. The molecule has 0 heterocycles. The minimum Gasteiger partial charge on any atom is -0.378 e. The van der Waals surface area contributed by atoms with Crippen LogP contribution in [0.5, 0.6) is 0 Å². The second kappa shape index (κ2) is 5.11. The number of ether oxygens (including phenoxy) is 1. The van der Waals surface area contributed by atoms with Crippen LogP contribution >= 0.6 is 0 Å². The topological polar surface area (TPSA) is 81.5 Å². The number of methoxy groups -OCH3 is 1. The van der Waals surface area contributed by atoms with Gasteiger partial charge < -0.3 is 10.1 Å². The van der Waals surface area contributed by atoms with E-state index < -0.39 is 10.8 Å². The van der Waals surface area contributed by atoms with E-state index in [0.717, 1.165) is 0 Å². The molecule has 2 atom stereocenters. The molecule has 1 fully saturated rings. The quantitative estimate of drug-likeness (QED) is 0.683. The molecule has 1 N–H and O–H groups in total. The number of amides is 1. The smallest absolute Gasteiger partial charge is 0.282 e. The summed E-state index contributed by atoms with van der Waals surface area (Å²) in [5.74, 6) is -0.418. The van der Waals surface area contributed by atoms with Crippen LogP contribution in [-0.2, 0) is 4.74 Å². The highest BCUT2D eigenvalue weighted by Gasteiger charge is 2.58. The van der Waals surface area contributed by atoms with Crippen LogP contribution in [0.15, 0.2) is 24.3 Å². The molecule has 21 heavy (non-hydrogen) atoms. The largest absolute Gasteiger partial charge is 0.378 e. The predicted molar refractivity (Wildman–Crippen MR) is 78.2 cm³/mol. The molecule has 6 nitrogen and oxygen atoms in total. The van der Waals surface area contributed by atoms with Crippen LogP contribution in [0, 0.1) is 15.5 Å². The first-order valence-electron chi connectivity index (χ1n) is 6.82. The number of para-hydroxylation sites is 1. The second-order valence-electron chi connectivity index (χ2n) is 6.16. The van der Waals surface area contributed by atoms with Gasteiger partial charge in [0, 0.05) is 24.6 Å². The number of nitrogens with one attached hydrogen (secondary N) is 1. The molecule has 6 heteroatoms. The number of rotatable bonds is 4. The second-order valence-corrected chi connectivity index (χ2v) is 6.16. The molecule has 0 radical (unpaired) electrons. The molecule has 2 rings (SSSR count). The molecule has 0 spiro atoms. The molecule has 114 valence electrons. The number of nitro groups is 1. The molecule has 1 aromatic carbocycles. The highest BCUT2D eigenvalue weighted by atomic mass is 16.6.